The summed E-state index contributed by atoms with van der Waals surface area (Å²) in [5.41, 5.74) is 0. The van der Waals surface area contributed by atoms with E-state index in [2.05, 4.69) is 18.7 Å². The van der Waals surface area contributed by atoms with Gasteiger partial charge in [-0.1, -0.05) is 27.7 Å². The number of aliphatic hydroxyl groups excluding tert-OH is 4. The average molecular weight is 412 g/mol. The molecule has 0 saturated carbocycles. The van der Waals surface area contributed by atoms with E-state index in [9.17, 15) is 20.4 Å². The maximum atomic E-state index is 9.99. The Bertz CT molecular complexity index is 333. The average Bonchev–Trinajstić information content (AvgIpc) is 2.64. The molecule has 0 aromatic carbocycles. The number of hydrogen-bond donors (Lipinski definition) is 4. The lowest BCUT2D eigenvalue weighted by molar-refractivity contribution is -0.174. The molecule has 0 fully saturated rings. The van der Waals surface area contributed by atoms with Crippen molar-refractivity contribution in [2.24, 2.45) is 0 Å². The predicted octanol–water partition coefficient (Wildman–Crippen LogP) is 2.10. The van der Waals surface area contributed by atoms with Crippen LogP contribution in [-0.2, 0) is 9.47 Å². The zero-order valence-corrected chi connectivity index (χ0v) is 18.8. The molecule has 0 amide bonds. The third kappa shape index (κ3) is 10.5. The van der Waals surface area contributed by atoms with Crippen LogP contribution in [-0.4, -0.2) is 87.6 Å². The molecule has 0 aliphatic rings. The van der Waals surface area contributed by atoms with E-state index in [1.165, 1.54) is 13.8 Å². The maximum Gasteiger partial charge on any atom is 0.181 e. The molecule has 0 aliphatic heterocycles. The smallest absolute Gasteiger partial charge is 0.181 e. The minimum absolute atomic E-state index is 0.257. The molecule has 0 spiro atoms. The minimum Gasteiger partial charge on any atom is -0.388 e. The summed E-state index contributed by atoms with van der Waals surface area (Å²) in [7, 11) is -0.856. The van der Waals surface area contributed by atoms with Crippen molar-refractivity contribution in [3.63, 3.8) is 0 Å². The van der Waals surface area contributed by atoms with Gasteiger partial charge in [-0.3, -0.25) is 0 Å². The van der Waals surface area contributed by atoms with Gasteiger partial charge in [0.15, 0.2) is 12.6 Å². The van der Waals surface area contributed by atoms with E-state index in [1.807, 2.05) is 13.8 Å². The Hall–Kier alpha value is 0.150. The molecule has 27 heavy (non-hydrogen) atoms. The Labute approximate surface area is 166 Å². The first kappa shape index (κ1) is 27.1. The summed E-state index contributed by atoms with van der Waals surface area (Å²) in [6, 6.07) is 0. The van der Waals surface area contributed by atoms with Gasteiger partial charge in [0.2, 0.25) is 0 Å². The number of aliphatic hydroxyl groups is 4. The van der Waals surface area contributed by atoms with Crippen molar-refractivity contribution in [3.05, 3.63) is 0 Å². The van der Waals surface area contributed by atoms with E-state index in [4.69, 9.17) is 9.47 Å². The summed E-state index contributed by atoms with van der Waals surface area (Å²) in [6.07, 6.45) is -1.28. The minimum atomic E-state index is -1.25. The largest absolute Gasteiger partial charge is 0.388 e. The van der Waals surface area contributed by atoms with Crippen LogP contribution in [0.3, 0.4) is 0 Å². The summed E-state index contributed by atoms with van der Waals surface area (Å²) >= 11 is 0. The summed E-state index contributed by atoms with van der Waals surface area (Å²) in [5.74, 6) is -0.514. The van der Waals surface area contributed by atoms with E-state index in [0.717, 1.165) is 32.2 Å². The second-order valence-corrected chi connectivity index (χ2v) is 9.51. The molecule has 6 unspecified atom stereocenters. The molecule has 0 rings (SSSR count). The first-order chi connectivity index (χ1) is 12.7. The highest BCUT2D eigenvalue weighted by molar-refractivity contribution is 7.58. The van der Waals surface area contributed by atoms with Gasteiger partial charge in [0, 0.05) is 0 Å². The highest BCUT2D eigenvalue weighted by Gasteiger charge is 2.32. The van der Waals surface area contributed by atoms with Gasteiger partial charge >= 0.3 is 0 Å². The van der Waals surface area contributed by atoms with Crippen molar-refractivity contribution >= 4 is 7.92 Å². The van der Waals surface area contributed by atoms with E-state index in [-0.39, 0.29) is 11.7 Å². The lowest BCUT2D eigenvalue weighted by Gasteiger charge is -2.36. The molecular weight excluding hydrogens is 369 g/mol. The van der Waals surface area contributed by atoms with Gasteiger partial charge in [0.25, 0.3) is 0 Å². The first-order valence-corrected chi connectivity index (χ1v) is 11.9. The highest BCUT2D eigenvalue weighted by atomic mass is 31.1. The third-order valence-corrected chi connectivity index (χ3v) is 7.93. The van der Waals surface area contributed by atoms with Crippen molar-refractivity contribution in [1.82, 2.24) is 4.90 Å². The van der Waals surface area contributed by atoms with E-state index in [1.54, 1.807) is 0 Å². The lowest BCUT2D eigenvalue weighted by Crippen LogP contribution is -2.35. The molecular formula is C19H42NO6P. The maximum absolute atomic E-state index is 9.99. The molecule has 4 N–H and O–H groups in total. The fourth-order valence-electron chi connectivity index (χ4n) is 2.86. The molecule has 0 heterocycles. The summed E-state index contributed by atoms with van der Waals surface area (Å²) in [4.78, 5) is 2.35. The van der Waals surface area contributed by atoms with Crippen molar-refractivity contribution in [2.45, 2.75) is 97.3 Å². The van der Waals surface area contributed by atoms with Gasteiger partial charge in [0.05, 0.1) is 11.7 Å². The molecule has 0 aromatic rings. The third-order valence-electron chi connectivity index (χ3n) is 4.64. The van der Waals surface area contributed by atoms with Crippen LogP contribution in [0.2, 0.25) is 0 Å². The number of hydrogen-bond acceptors (Lipinski definition) is 7. The molecule has 0 saturated heterocycles. The fraction of sp³-hybridized carbons (Fsp3) is 1.00. The molecule has 0 bridgehead atoms. The molecule has 6 atom stereocenters. The Morgan fingerprint density at radius 2 is 1.19 bits per heavy atom. The van der Waals surface area contributed by atoms with Crippen molar-refractivity contribution < 1.29 is 29.9 Å². The predicted molar refractivity (Wildman–Crippen MR) is 110 cm³/mol. The van der Waals surface area contributed by atoms with Crippen LogP contribution >= 0.6 is 7.92 Å². The number of rotatable bonds is 16. The van der Waals surface area contributed by atoms with Crippen molar-refractivity contribution in [1.29, 1.82) is 0 Å². The zero-order valence-electron chi connectivity index (χ0n) is 17.9. The van der Waals surface area contributed by atoms with E-state index in [0.29, 0.717) is 12.8 Å². The van der Waals surface area contributed by atoms with Crippen LogP contribution in [0, 0.1) is 0 Å². The van der Waals surface area contributed by atoms with Gasteiger partial charge in [-0.05, 0) is 66.8 Å². The quantitative estimate of drug-likeness (QED) is 0.228. The molecule has 7 nitrogen and oxygen atoms in total. The van der Waals surface area contributed by atoms with Crippen LogP contribution in [0.4, 0.5) is 0 Å². The SMILES string of the molecule is CCC(OC(O)C(C)O)P(CCCN(CC)CC)C(CC)OC(O)C(C)O. The number of nitrogens with zero attached hydrogens (tertiary/aromatic N) is 1. The molecule has 164 valence electrons. The molecule has 8 heteroatoms. The molecule has 0 aliphatic carbocycles. The Kier molecular flexibility index (Phi) is 15.1. The molecule has 0 aromatic heterocycles. The molecule has 0 radical (unpaired) electrons. The van der Waals surface area contributed by atoms with E-state index < -0.39 is 32.7 Å². The van der Waals surface area contributed by atoms with Crippen molar-refractivity contribution in [2.75, 3.05) is 25.8 Å². The van der Waals surface area contributed by atoms with Crippen LogP contribution < -0.4 is 0 Å². The number of ether oxygens (including phenoxy) is 2. The topological polar surface area (TPSA) is 103 Å². The Morgan fingerprint density at radius 3 is 1.48 bits per heavy atom. The second-order valence-electron chi connectivity index (χ2n) is 6.88. The van der Waals surface area contributed by atoms with Gasteiger partial charge < -0.3 is 34.8 Å². The van der Waals surface area contributed by atoms with Gasteiger partial charge in [0.1, 0.15) is 12.2 Å². The zero-order chi connectivity index (χ0) is 21.0. The van der Waals surface area contributed by atoms with Gasteiger partial charge in [-0.15, -0.1) is 0 Å². The van der Waals surface area contributed by atoms with Crippen LogP contribution in [0.25, 0.3) is 0 Å². The van der Waals surface area contributed by atoms with Crippen molar-refractivity contribution in [3.8, 4) is 0 Å². The summed E-state index contributed by atoms with van der Waals surface area (Å²) in [5, 5.41) is 39.2. The first-order valence-electron chi connectivity index (χ1n) is 10.2. The van der Waals surface area contributed by atoms with Gasteiger partial charge in [-0.25, -0.2) is 0 Å². The second kappa shape index (κ2) is 15.1. The monoisotopic (exact) mass is 411 g/mol. The fourth-order valence-corrected chi connectivity index (χ4v) is 5.81. The van der Waals surface area contributed by atoms with Gasteiger partial charge in [-0.2, -0.15) is 0 Å². The van der Waals surface area contributed by atoms with Crippen LogP contribution in [0.15, 0.2) is 0 Å². The lowest BCUT2D eigenvalue weighted by atomic mass is 10.4. The van der Waals surface area contributed by atoms with Crippen LogP contribution in [0.5, 0.6) is 0 Å². The Morgan fingerprint density at radius 1 is 0.778 bits per heavy atom. The normalized spacial score (nSPS) is 20.1. The summed E-state index contributed by atoms with van der Waals surface area (Å²) in [6.45, 7) is 14.2. The highest BCUT2D eigenvalue weighted by Crippen LogP contribution is 2.51. The standard InChI is InChI=1S/C19H42NO6P/c1-7-16(25-18(23)14(5)21)27(13-11-12-20(9-3)10-4)17(8-2)26-19(24)15(6)22/h14-19,21-24H,7-13H2,1-6H3. The Balaban J connectivity index is 5.23. The van der Waals surface area contributed by atoms with Crippen LogP contribution in [0.1, 0.15) is 60.8 Å². The summed E-state index contributed by atoms with van der Waals surface area (Å²) < 4.78 is 11.5. The van der Waals surface area contributed by atoms with E-state index >= 15 is 0 Å².